The number of carbonyl (C=O) groups excluding carboxylic acids is 1. The first-order valence-corrected chi connectivity index (χ1v) is 8.96. The standard InChI is InChI=1S/C19H15F3N4OS/c20-19(21,22)28-17-8-3-14(4-9-17)5-10-18(27)24-11-15-1-6-16(7-2-15)26-13-23-12-25-26/h1-10,12-13H,11H2,(H,24,27)/b10-5+. The van der Waals surface area contributed by atoms with E-state index in [1.54, 1.807) is 17.1 Å². The van der Waals surface area contributed by atoms with E-state index in [1.807, 2.05) is 24.3 Å². The summed E-state index contributed by atoms with van der Waals surface area (Å²) in [5.41, 5.74) is -1.90. The number of amides is 1. The lowest BCUT2D eigenvalue weighted by Crippen LogP contribution is -2.20. The molecule has 5 nitrogen and oxygen atoms in total. The minimum Gasteiger partial charge on any atom is -0.348 e. The second-order valence-corrected chi connectivity index (χ2v) is 6.81. The Morgan fingerprint density at radius 3 is 2.43 bits per heavy atom. The molecule has 1 N–H and O–H groups in total. The molecular formula is C19H15F3N4OS. The Morgan fingerprint density at radius 1 is 1.11 bits per heavy atom. The largest absolute Gasteiger partial charge is 0.446 e. The van der Waals surface area contributed by atoms with Gasteiger partial charge in [-0.15, -0.1) is 0 Å². The van der Waals surface area contributed by atoms with Gasteiger partial charge in [-0.2, -0.15) is 18.3 Å². The summed E-state index contributed by atoms with van der Waals surface area (Å²) in [6.07, 6.45) is 5.93. The van der Waals surface area contributed by atoms with Gasteiger partial charge in [-0.25, -0.2) is 9.67 Å². The van der Waals surface area contributed by atoms with E-state index in [0.717, 1.165) is 11.3 Å². The lowest BCUT2D eigenvalue weighted by molar-refractivity contribution is -0.116. The normalized spacial score (nSPS) is 11.7. The summed E-state index contributed by atoms with van der Waals surface area (Å²) < 4.78 is 38.5. The summed E-state index contributed by atoms with van der Waals surface area (Å²) in [5, 5.41) is 6.79. The third-order valence-corrected chi connectivity index (χ3v) is 4.37. The maximum atomic E-state index is 12.3. The third kappa shape index (κ3) is 5.98. The maximum Gasteiger partial charge on any atom is 0.446 e. The number of nitrogens with zero attached hydrogens (tertiary/aromatic N) is 3. The Labute approximate surface area is 163 Å². The zero-order valence-corrected chi connectivity index (χ0v) is 15.2. The summed E-state index contributed by atoms with van der Waals surface area (Å²) in [6, 6.07) is 13.3. The van der Waals surface area contributed by atoms with Crippen molar-refractivity contribution in [3.8, 4) is 5.69 Å². The summed E-state index contributed by atoms with van der Waals surface area (Å²) >= 11 is -0.173. The molecule has 0 bridgehead atoms. The first-order chi connectivity index (χ1) is 13.4. The lowest BCUT2D eigenvalue weighted by Gasteiger charge is -2.05. The van der Waals surface area contributed by atoms with Crippen LogP contribution in [0.1, 0.15) is 11.1 Å². The van der Waals surface area contributed by atoms with Crippen LogP contribution in [0.25, 0.3) is 11.8 Å². The fourth-order valence-corrected chi connectivity index (χ4v) is 2.85. The predicted molar refractivity (Wildman–Crippen MR) is 101 cm³/mol. The molecule has 28 heavy (non-hydrogen) atoms. The minimum atomic E-state index is -4.31. The Morgan fingerprint density at radius 2 is 1.82 bits per heavy atom. The number of halogens is 3. The molecule has 1 amide bonds. The lowest BCUT2D eigenvalue weighted by atomic mass is 10.2. The number of carbonyl (C=O) groups is 1. The minimum absolute atomic E-state index is 0.100. The van der Waals surface area contributed by atoms with Crippen molar-refractivity contribution in [3.63, 3.8) is 0 Å². The number of nitrogens with one attached hydrogen (secondary N) is 1. The summed E-state index contributed by atoms with van der Waals surface area (Å²) in [6.45, 7) is 0.349. The molecule has 0 fully saturated rings. The number of alkyl halides is 3. The van der Waals surface area contributed by atoms with Crippen molar-refractivity contribution in [1.29, 1.82) is 0 Å². The van der Waals surface area contributed by atoms with Gasteiger partial charge in [0.05, 0.1) is 5.69 Å². The second-order valence-electron chi connectivity index (χ2n) is 5.67. The summed E-state index contributed by atoms with van der Waals surface area (Å²) in [7, 11) is 0. The van der Waals surface area contributed by atoms with Gasteiger partial charge in [0.25, 0.3) is 0 Å². The van der Waals surface area contributed by atoms with Gasteiger partial charge in [0.1, 0.15) is 12.7 Å². The highest BCUT2D eigenvalue weighted by molar-refractivity contribution is 8.00. The van der Waals surface area contributed by atoms with E-state index in [1.165, 1.54) is 36.7 Å². The number of hydrogen-bond acceptors (Lipinski definition) is 4. The highest BCUT2D eigenvalue weighted by Gasteiger charge is 2.28. The Balaban J connectivity index is 1.50. The number of aromatic nitrogens is 3. The Bertz CT molecular complexity index is 937. The first-order valence-electron chi connectivity index (χ1n) is 8.15. The molecule has 9 heteroatoms. The molecule has 0 saturated heterocycles. The van der Waals surface area contributed by atoms with Crippen LogP contribution in [0.4, 0.5) is 13.2 Å². The van der Waals surface area contributed by atoms with Crippen LogP contribution in [0.15, 0.2) is 72.2 Å². The van der Waals surface area contributed by atoms with Crippen molar-refractivity contribution in [1.82, 2.24) is 20.1 Å². The molecule has 0 aliphatic rings. The van der Waals surface area contributed by atoms with E-state index in [0.29, 0.717) is 12.1 Å². The van der Waals surface area contributed by atoms with Crippen LogP contribution in [0.5, 0.6) is 0 Å². The maximum absolute atomic E-state index is 12.3. The molecule has 0 aliphatic heterocycles. The molecule has 0 aliphatic carbocycles. The van der Waals surface area contributed by atoms with E-state index in [-0.39, 0.29) is 22.6 Å². The zero-order valence-electron chi connectivity index (χ0n) is 14.4. The van der Waals surface area contributed by atoms with Gasteiger partial charge in [-0.3, -0.25) is 4.79 Å². The fraction of sp³-hybridized carbons (Fsp3) is 0.105. The molecular weight excluding hydrogens is 389 g/mol. The van der Waals surface area contributed by atoms with E-state index < -0.39 is 5.51 Å². The van der Waals surface area contributed by atoms with Crippen LogP contribution in [0.2, 0.25) is 0 Å². The van der Waals surface area contributed by atoms with Gasteiger partial charge < -0.3 is 5.32 Å². The van der Waals surface area contributed by atoms with E-state index in [4.69, 9.17) is 0 Å². The van der Waals surface area contributed by atoms with Crippen LogP contribution in [-0.4, -0.2) is 26.2 Å². The SMILES string of the molecule is O=C(/C=C/c1ccc(SC(F)(F)F)cc1)NCc1ccc(-n2cncn2)cc1. The summed E-state index contributed by atoms with van der Waals surface area (Å²) in [5.74, 6) is -0.297. The van der Waals surface area contributed by atoms with Crippen molar-refractivity contribution in [2.75, 3.05) is 0 Å². The molecule has 144 valence electrons. The second kappa shape index (κ2) is 8.75. The zero-order chi connectivity index (χ0) is 20.0. The first kappa shape index (κ1) is 19.7. The highest BCUT2D eigenvalue weighted by atomic mass is 32.2. The van der Waals surface area contributed by atoms with Crippen LogP contribution >= 0.6 is 11.8 Å². The molecule has 0 unspecified atom stereocenters. The third-order valence-electron chi connectivity index (χ3n) is 3.63. The number of benzene rings is 2. The number of hydrogen-bond donors (Lipinski definition) is 1. The van der Waals surface area contributed by atoms with Gasteiger partial charge in [0, 0.05) is 17.5 Å². The van der Waals surface area contributed by atoms with Gasteiger partial charge in [0.2, 0.25) is 5.91 Å². The average molecular weight is 404 g/mol. The molecule has 3 aromatic rings. The van der Waals surface area contributed by atoms with Crippen LogP contribution < -0.4 is 5.32 Å². The smallest absolute Gasteiger partial charge is 0.348 e. The van der Waals surface area contributed by atoms with Crippen molar-refractivity contribution in [3.05, 3.63) is 78.4 Å². The molecule has 0 radical (unpaired) electrons. The van der Waals surface area contributed by atoms with Crippen molar-refractivity contribution < 1.29 is 18.0 Å². The van der Waals surface area contributed by atoms with E-state index in [2.05, 4.69) is 15.4 Å². The molecule has 0 spiro atoms. The van der Waals surface area contributed by atoms with Gasteiger partial charge in [-0.05, 0) is 53.2 Å². The number of rotatable bonds is 6. The summed E-state index contributed by atoms with van der Waals surface area (Å²) in [4.78, 5) is 15.9. The molecule has 0 atom stereocenters. The van der Waals surface area contributed by atoms with Gasteiger partial charge in [-0.1, -0.05) is 24.3 Å². The van der Waals surface area contributed by atoms with Crippen molar-refractivity contribution in [2.45, 2.75) is 16.9 Å². The fourth-order valence-electron chi connectivity index (χ4n) is 2.31. The molecule has 3 rings (SSSR count). The van der Waals surface area contributed by atoms with Crippen molar-refractivity contribution >= 4 is 23.7 Å². The Hall–Kier alpha value is -3.07. The van der Waals surface area contributed by atoms with Crippen LogP contribution in [-0.2, 0) is 11.3 Å². The van der Waals surface area contributed by atoms with Crippen LogP contribution in [0.3, 0.4) is 0 Å². The van der Waals surface area contributed by atoms with Crippen molar-refractivity contribution in [2.24, 2.45) is 0 Å². The quantitative estimate of drug-likeness (QED) is 0.494. The Kier molecular flexibility index (Phi) is 6.15. The molecule has 1 aromatic heterocycles. The van der Waals surface area contributed by atoms with Gasteiger partial charge >= 0.3 is 5.51 Å². The van der Waals surface area contributed by atoms with E-state index >= 15 is 0 Å². The topological polar surface area (TPSA) is 59.8 Å². The molecule has 1 heterocycles. The number of thioether (sulfide) groups is 1. The highest BCUT2D eigenvalue weighted by Crippen LogP contribution is 2.36. The monoisotopic (exact) mass is 404 g/mol. The van der Waals surface area contributed by atoms with Gasteiger partial charge in [0.15, 0.2) is 0 Å². The average Bonchev–Trinajstić information content (AvgIpc) is 3.20. The van der Waals surface area contributed by atoms with Crippen LogP contribution in [0, 0.1) is 0 Å². The molecule has 0 saturated carbocycles. The van der Waals surface area contributed by atoms with E-state index in [9.17, 15) is 18.0 Å². The molecule has 2 aromatic carbocycles. The predicted octanol–water partition coefficient (Wildman–Crippen LogP) is 4.21.